The summed E-state index contributed by atoms with van der Waals surface area (Å²) in [6.45, 7) is 2.32. The lowest BCUT2D eigenvalue weighted by Gasteiger charge is -2.30. The molecule has 1 N–H and O–H groups in total. The topological polar surface area (TPSA) is 53.4 Å². The van der Waals surface area contributed by atoms with Crippen molar-refractivity contribution < 1.29 is 9.90 Å². The number of fused-ring (bicyclic) bond motifs is 1. The van der Waals surface area contributed by atoms with Gasteiger partial charge in [-0.15, -0.1) is 0 Å². The fourth-order valence-corrected chi connectivity index (χ4v) is 2.83. The SMILES string of the molecule is O=C(O)[C@@H]1CCCN(Cc2ccc3ccccc3n2)C1. The number of benzene rings is 1. The summed E-state index contributed by atoms with van der Waals surface area (Å²) >= 11 is 0. The molecule has 3 rings (SSSR count). The lowest BCUT2D eigenvalue weighted by atomic mass is 9.98. The lowest BCUT2D eigenvalue weighted by molar-refractivity contribution is -0.143. The number of pyridine rings is 1. The van der Waals surface area contributed by atoms with Crippen LogP contribution >= 0.6 is 0 Å². The van der Waals surface area contributed by atoms with Gasteiger partial charge in [0.1, 0.15) is 0 Å². The highest BCUT2D eigenvalue weighted by Gasteiger charge is 2.25. The maximum atomic E-state index is 11.1. The second-order valence-electron chi connectivity index (χ2n) is 5.41. The highest BCUT2D eigenvalue weighted by atomic mass is 16.4. The molecule has 0 radical (unpaired) electrons. The zero-order valence-corrected chi connectivity index (χ0v) is 11.3. The Bertz CT molecular complexity index is 627. The number of hydrogen-bond donors (Lipinski definition) is 1. The molecule has 0 aliphatic carbocycles. The number of rotatable bonds is 3. The second-order valence-corrected chi connectivity index (χ2v) is 5.41. The van der Waals surface area contributed by atoms with Crippen molar-refractivity contribution in [3.05, 3.63) is 42.1 Å². The van der Waals surface area contributed by atoms with Gasteiger partial charge in [-0.2, -0.15) is 0 Å². The Kier molecular flexibility index (Phi) is 3.65. The first-order chi connectivity index (χ1) is 9.72. The average molecular weight is 270 g/mol. The van der Waals surface area contributed by atoms with E-state index in [1.165, 1.54) is 0 Å². The number of aliphatic carboxylic acids is 1. The van der Waals surface area contributed by atoms with E-state index >= 15 is 0 Å². The molecule has 1 fully saturated rings. The molecular weight excluding hydrogens is 252 g/mol. The van der Waals surface area contributed by atoms with Gasteiger partial charge in [-0.1, -0.05) is 24.3 Å². The van der Waals surface area contributed by atoms with Crippen molar-refractivity contribution in [3.8, 4) is 0 Å². The average Bonchev–Trinajstić information content (AvgIpc) is 2.47. The van der Waals surface area contributed by atoms with Gasteiger partial charge in [0.15, 0.2) is 0 Å². The number of carbonyl (C=O) groups is 1. The highest BCUT2D eigenvalue weighted by Crippen LogP contribution is 2.19. The van der Waals surface area contributed by atoms with Gasteiger partial charge in [0.05, 0.1) is 17.1 Å². The molecule has 20 heavy (non-hydrogen) atoms. The standard InChI is InChI=1S/C16H18N2O2/c19-16(20)13-5-3-9-18(10-13)11-14-8-7-12-4-1-2-6-15(12)17-14/h1-2,4,6-8,13H,3,5,9-11H2,(H,19,20)/t13-/m1/s1. The van der Waals surface area contributed by atoms with Crippen molar-refractivity contribution >= 4 is 16.9 Å². The minimum atomic E-state index is -0.679. The number of likely N-dealkylation sites (tertiary alicyclic amines) is 1. The van der Waals surface area contributed by atoms with E-state index in [4.69, 9.17) is 5.11 Å². The first kappa shape index (κ1) is 13.1. The van der Waals surface area contributed by atoms with Gasteiger partial charge in [-0.05, 0) is 31.5 Å². The van der Waals surface area contributed by atoms with Crippen molar-refractivity contribution in [2.24, 2.45) is 5.92 Å². The van der Waals surface area contributed by atoms with Gasteiger partial charge in [0, 0.05) is 18.5 Å². The van der Waals surface area contributed by atoms with E-state index in [0.717, 1.165) is 42.5 Å². The number of para-hydroxylation sites is 1. The highest BCUT2D eigenvalue weighted by molar-refractivity contribution is 5.78. The summed E-state index contributed by atoms with van der Waals surface area (Å²) in [5.74, 6) is -0.912. The van der Waals surface area contributed by atoms with Crippen molar-refractivity contribution in [1.29, 1.82) is 0 Å². The molecule has 0 saturated carbocycles. The molecule has 2 aromatic rings. The van der Waals surface area contributed by atoms with Gasteiger partial charge < -0.3 is 5.11 Å². The fraction of sp³-hybridized carbons (Fsp3) is 0.375. The van der Waals surface area contributed by atoms with Crippen LogP contribution < -0.4 is 0 Å². The van der Waals surface area contributed by atoms with E-state index in [1.54, 1.807) is 0 Å². The third-order valence-electron chi connectivity index (χ3n) is 3.90. The Balaban J connectivity index is 1.74. The Morgan fingerprint density at radius 3 is 3.00 bits per heavy atom. The van der Waals surface area contributed by atoms with E-state index in [0.29, 0.717) is 6.54 Å². The summed E-state index contributed by atoms with van der Waals surface area (Å²) in [5.41, 5.74) is 2.01. The molecule has 2 heterocycles. The van der Waals surface area contributed by atoms with Gasteiger partial charge in [-0.3, -0.25) is 14.7 Å². The second kappa shape index (κ2) is 5.59. The van der Waals surface area contributed by atoms with E-state index in [1.807, 2.05) is 30.3 Å². The largest absolute Gasteiger partial charge is 0.481 e. The molecular formula is C16H18N2O2. The van der Waals surface area contributed by atoms with Crippen molar-refractivity contribution in [1.82, 2.24) is 9.88 Å². The summed E-state index contributed by atoms with van der Waals surface area (Å²) in [6, 6.07) is 12.2. The normalized spacial score (nSPS) is 20.1. The lowest BCUT2D eigenvalue weighted by Crippen LogP contribution is -2.38. The maximum Gasteiger partial charge on any atom is 0.307 e. The number of carboxylic acid groups (broad SMARTS) is 1. The number of hydrogen-bond acceptors (Lipinski definition) is 3. The molecule has 1 saturated heterocycles. The number of aromatic nitrogens is 1. The van der Waals surface area contributed by atoms with Crippen LogP contribution in [0, 0.1) is 5.92 Å². The Morgan fingerprint density at radius 2 is 2.15 bits per heavy atom. The van der Waals surface area contributed by atoms with Crippen LogP contribution in [0.2, 0.25) is 0 Å². The predicted molar refractivity (Wildman–Crippen MR) is 77.4 cm³/mol. The summed E-state index contributed by atoms with van der Waals surface area (Å²) in [7, 11) is 0. The monoisotopic (exact) mass is 270 g/mol. The van der Waals surface area contributed by atoms with Crippen LogP contribution in [-0.2, 0) is 11.3 Å². The molecule has 4 heteroatoms. The molecule has 0 amide bonds. The van der Waals surface area contributed by atoms with E-state index in [2.05, 4.69) is 16.0 Å². The molecule has 0 spiro atoms. The Hall–Kier alpha value is -1.94. The molecule has 104 valence electrons. The summed E-state index contributed by atoms with van der Waals surface area (Å²) in [4.78, 5) is 17.9. The molecule has 0 bridgehead atoms. The zero-order chi connectivity index (χ0) is 13.9. The van der Waals surface area contributed by atoms with Crippen molar-refractivity contribution in [3.63, 3.8) is 0 Å². The smallest absolute Gasteiger partial charge is 0.307 e. The molecule has 1 aromatic carbocycles. The molecule has 0 unspecified atom stereocenters. The third kappa shape index (κ3) is 2.80. The van der Waals surface area contributed by atoms with Gasteiger partial charge in [0.25, 0.3) is 0 Å². The molecule has 4 nitrogen and oxygen atoms in total. The van der Waals surface area contributed by atoms with Gasteiger partial charge in [-0.25, -0.2) is 0 Å². The van der Waals surface area contributed by atoms with Crippen molar-refractivity contribution in [2.45, 2.75) is 19.4 Å². The van der Waals surface area contributed by atoms with Crippen LogP contribution in [0.4, 0.5) is 0 Å². The zero-order valence-electron chi connectivity index (χ0n) is 11.3. The van der Waals surface area contributed by atoms with E-state index in [-0.39, 0.29) is 5.92 Å². The molecule has 1 aliphatic rings. The first-order valence-electron chi connectivity index (χ1n) is 7.02. The number of carboxylic acids is 1. The van der Waals surface area contributed by atoms with Crippen LogP contribution in [-0.4, -0.2) is 34.0 Å². The van der Waals surface area contributed by atoms with E-state index in [9.17, 15) is 4.79 Å². The Labute approximate surface area is 118 Å². The number of nitrogens with zero attached hydrogens (tertiary/aromatic N) is 2. The summed E-state index contributed by atoms with van der Waals surface area (Å²) in [6.07, 6.45) is 1.74. The summed E-state index contributed by atoms with van der Waals surface area (Å²) in [5, 5.41) is 10.3. The van der Waals surface area contributed by atoms with Gasteiger partial charge in [0.2, 0.25) is 0 Å². The fourth-order valence-electron chi connectivity index (χ4n) is 2.83. The quantitative estimate of drug-likeness (QED) is 0.931. The third-order valence-corrected chi connectivity index (χ3v) is 3.90. The summed E-state index contributed by atoms with van der Waals surface area (Å²) < 4.78 is 0. The minimum Gasteiger partial charge on any atom is -0.481 e. The van der Waals surface area contributed by atoms with Crippen LogP contribution in [0.15, 0.2) is 36.4 Å². The molecule has 1 atom stereocenters. The van der Waals surface area contributed by atoms with E-state index < -0.39 is 5.97 Å². The van der Waals surface area contributed by atoms with Crippen molar-refractivity contribution in [2.75, 3.05) is 13.1 Å². The van der Waals surface area contributed by atoms with Crippen LogP contribution in [0.25, 0.3) is 10.9 Å². The van der Waals surface area contributed by atoms with Crippen LogP contribution in [0.1, 0.15) is 18.5 Å². The van der Waals surface area contributed by atoms with Crippen LogP contribution in [0.3, 0.4) is 0 Å². The first-order valence-corrected chi connectivity index (χ1v) is 7.02. The van der Waals surface area contributed by atoms with Gasteiger partial charge >= 0.3 is 5.97 Å². The van der Waals surface area contributed by atoms with Crippen LogP contribution in [0.5, 0.6) is 0 Å². The number of piperidine rings is 1. The Morgan fingerprint density at radius 1 is 1.30 bits per heavy atom. The maximum absolute atomic E-state index is 11.1. The molecule has 1 aromatic heterocycles. The molecule has 1 aliphatic heterocycles. The predicted octanol–water partition coefficient (Wildman–Crippen LogP) is 2.53. The minimum absolute atomic E-state index is 0.232.